The van der Waals surface area contributed by atoms with Gasteiger partial charge in [-0.05, 0) is 36.8 Å². The molecule has 3 heterocycles. The van der Waals surface area contributed by atoms with Gasteiger partial charge in [0, 0.05) is 50.7 Å². The first-order valence-corrected chi connectivity index (χ1v) is 9.70. The Morgan fingerprint density at radius 3 is 2.64 bits per heavy atom. The van der Waals surface area contributed by atoms with Gasteiger partial charge in [-0.1, -0.05) is 26.8 Å². The standard InChI is InChI=1S/C20H31N3O2/c1-4-17-16(7-8-18(21-17)15(2)3)14-22-9-11-23(12-10-22)20(24)19-6-5-13-25-19/h7-8,15,19H,4-6,9-14H2,1-3H3. The lowest BCUT2D eigenvalue weighted by Crippen LogP contribution is -2.51. The molecule has 2 fully saturated rings. The number of ether oxygens (including phenoxy) is 1. The van der Waals surface area contributed by atoms with Crippen LogP contribution >= 0.6 is 0 Å². The summed E-state index contributed by atoms with van der Waals surface area (Å²) in [5.74, 6) is 0.654. The van der Waals surface area contributed by atoms with E-state index in [0.29, 0.717) is 5.92 Å². The molecule has 0 saturated carbocycles. The molecule has 2 aliphatic heterocycles. The van der Waals surface area contributed by atoms with Gasteiger partial charge < -0.3 is 9.64 Å². The van der Waals surface area contributed by atoms with Crippen LogP contribution in [0.4, 0.5) is 0 Å². The molecule has 138 valence electrons. The second-order valence-corrected chi connectivity index (χ2v) is 7.45. The first kappa shape index (κ1) is 18.3. The van der Waals surface area contributed by atoms with Gasteiger partial charge in [0.2, 0.25) is 0 Å². The highest BCUT2D eigenvalue weighted by molar-refractivity contribution is 5.81. The van der Waals surface area contributed by atoms with Crippen molar-refractivity contribution in [2.45, 2.75) is 58.6 Å². The number of carbonyl (C=O) groups is 1. The molecule has 0 aromatic carbocycles. The van der Waals surface area contributed by atoms with Crippen LogP contribution < -0.4 is 0 Å². The first-order chi connectivity index (χ1) is 12.1. The van der Waals surface area contributed by atoms with E-state index in [4.69, 9.17) is 9.72 Å². The third-order valence-corrected chi connectivity index (χ3v) is 5.30. The molecule has 0 aliphatic carbocycles. The van der Waals surface area contributed by atoms with Gasteiger partial charge in [0.05, 0.1) is 0 Å². The molecule has 3 rings (SSSR count). The average molecular weight is 345 g/mol. The minimum absolute atomic E-state index is 0.189. The summed E-state index contributed by atoms with van der Waals surface area (Å²) in [5, 5.41) is 0. The zero-order valence-corrected chi connectivity index (χ0v) is 15.8. The van der Waals surface area contributed by atoms with Crippen molar-refractivity contribution in [1.29, 1.82) is 0 Å². The van der Waals surface area contributed by atoms with E-state index >= 15 is 0 Å². The van der Waals surface area contributed by atoms with Gasteiger partial charge in [0.15, 0.2) is 0 Å². The van der Waals surface area contributed by atoms with Gasteiger partial charge >= 0.3 is 0 Å². The monoisotopic (exact) mass is 345 g/mol. The van der Waals surface area contributed by atoms with E-state index in [1.807, 2.05) is 4.90 Å². The average Bonchev–Trinajstić information content (AvgIpc) is 3.16. The molecule has 5 heteroatoms. The lowest BCUT2D eigenvalue weighted by atomic mass is 10.0. The number of rotatable bonds is 5. The zero-order valence-electron chi connectivity index (χ0n) is 15.8. The second kappa shape index (κ2) is 8.28. The molecule has 25 heavy (non-hydrogen) atoms. The molecule has 0 radical (unpaired) electrons. The highest BCUT2D eigenvalue weighted by Gasteiger charge is 2.30. The van der Waals surface area contributed by atoms with Crippen LogP contribution in [0.15, 0.2) is 12.1 Å². The van der Waals surface area contributed by atoms with Crippen LogP contribution in [0.5, 0.6) is 0 Å². The number of nitrogens with zero attached hydrogens (tertiary/aromatic N) is 3. The number of aryl methyl sites for hydroxylation is 1. The van der Waals surface area contributed by atoms with Crippen LogP contribution in [0, 0.1) is 0 Å². The van der Waals surface area contributed by atoms with Crippen molar-refractivity contribution in [3.63, 3.8) is 0 Å². The quantitative estimate of drug-likeness (QED) is 0.823. The van der Waals surface area contributed by atoms with E-state index in [-0.39, 0.29) is 12.0 Å². The molecular formula is C20H31N3O2. The summed E-state index contributed by atoms with van der Waals surface area (Å²) >= 11 is 0. The summed E-state index contributed by atoms with van der Waals surface area (Å²) in [6.45, 7) is 11.7. The third kappa shape index (κ3) is 4.39. The molecule has 1 amide bonds. The molecule has 1 aromatic heterocycles. The second-order valence-electron chi connectivity index (χ2n) is 7.45. The Hall–Kier alpha value is -1.46. The van der Waals surface area contributed by atoms with Crippen molar-refractivity contribution in [3.8, 4) is 0 Å². The van der Waals surface area contributed by atoms with Crippen LogP contribution in [0.1, 0.15) is 56.5 Å². The summed E-state index contributed by atoms with van der Waals surface area (Å²) in [7, 11) is 0. The van der Waals surface area contributed by atoms with E-state index in [2.05, 4.69) is 37.8 Å². The van der Waals surface area contributed by atoms with Crippen LogP contribution in [0.2, 0.25) is 0 Å². The molecular weight excluding hydrogens is 314 g/mol. The van der Waals surface area contributed by atoms with E-state index in [0.717, 1.165) is 58.6 Å². The predicted octanol–water partition coefficient (Wildman–Crippen LogP) is 2.59. The molecule has 1 unspecified atom stereocenters. The van der Waals surface area contributed by atoms with Crippen LogP contribution in [-0.2, 0) is 22.5 Å². The number of aromatic nitrogens is 1. The van der Waals surface area contributed by atoms with Gasteiger partial charge in [0.25, 0.3) is 5.91 Å². The lowest BCUT2D eigenvalue weighted by Gasteiger charge is -2.36. The Balaban J connectivity index is 1.56. The molecule has 1 aromatic rings. The number of carbonyl (C=O) groups excluding carboxylic acids is 1. The Labute approximate surface area is 151 Å². The largest absolute Gasteiger partial charge is 0.368 e. The fourth-order valence-corrected chi connectivity index (χ4v) is 3.66. The minimum Gasteiger partial charge on any atom is -0.368 e. The topological polar surface area (TPSA) is 45.7 Å². The van der Waals surface area contributed by atoms with E-state index in [1.165, 1.54) is 17.0 Å². The SMILES string of the molecule is CCc1nc(C(C)C)ccc1CN1CCN(C(=O)C2CCCO2)CC1. The number of hydrogen-bond acceptors (Lipinski definition) is 4. The lowest BCUT2D eigenvalue weighted by molar-refractivity contribution is -0.142. The number of hydrogen-bond donors (Lipinski definition) is 0. The van der Waals surface area contributed by atoms with Crippen molar-refractivity contribution >= 4 is 5.91 Å². The Kier molecular flexibility index (Phi) is 6.07. The van der Waals surface area contributed by atoms with Crippen molar-refractivity contribution in [2.75, 3.05) is 32.8 Å². The van der Waals surface area contributed by atoms with Crippen LogP contribution in [-0.4, -0.2) is 59.6 Å². The third-order valence-electron chi connectivity index (χ3n) is 5.30. The Morgan fingerprint density at radius 1 is 1.28 bits per heavy atom. The van der Waals surface area contributed by atoms with E-state index in [1.54, 1.807) is 0 Å². The van der Waals surface area contributed by atoms with Gasteiger partial charge in [0.1, 0.15) is 6.10 Å². The fraction of sp³-hybridized carbons (Fsp3) is 0.700. The normalized spacial score (nSPS) is 21.9. The molecule has 0 spiro atoms. The van der Waals surface area contributed by atoms with Gasteiger partial charge in [-0.25, -0.2) is 0 Å². The van der Waals surface area contributed by atoms with E-state index < -0.39 is 0 Å². The van der Waals surface area contributed by atoms with Crippen LogP contribution in [0.25, 0.3) is 0 Å². The van der Waals surface area contributed by atoms with Crippen molar-refractivity contribution in [3.05, 3.63) is 29.1 Å². The summed E-state index contributed by atoms with van der Waals surface area (Å²) in [6.07, 6.45) is 2.67. The summed E-state index contributed by atoms with van der Waals surface area (Å²) in [5.41, 5.74) is 3.71. The smallest absolute Gasteiger partial charge is 0.251 e. The number of amides is 1. The van der Waals surface area contributed by atoms with Gasteiger partial charge in [-0.15, -0.1) is 0 Å². The van der Waals surface area contributed by atoms with Crippen molar-refractivity contribution in [1.82, 2.24) is 14.8 Å². The first-order valence-electron chi connectivity index (χ1n) is 9.70. The molecule has 0 bridgehead atoms. The summed E-state index contributed by atoms with van der Waals surface area (Å²) in [4.78, 5) is 21.7. The van der Waals surface area contributed by atoms with Crippen molar-refractivity contribution in [2.24, 2.45) is 0 Å². The fourth-order valence-electron chi connectivity index (χ4n) is 3.66. The van der Waals surface area contributed by atoms with Crippen molar-refractivity contribution < 1.29 is 9.53 Å². The minimum atomic E-state index is -0.189. The summed E-state index contributed by atoms with van der Waals surface area (Å²) < 4.78 is 5.54. The zero-order chi connectivity index (χ0) is 17.8. The van der Waals surface area contributed by atoms with Gasteiger partial charge in [-0.2, -0.15) is 0 Å². The number of pyridine rings is 1. The highest BCUT2D eigenvalue weighted by atomic mass is 16.5. The molecule has 5 nitrogen and oxygen atoms in total. The highest BCUT2D eigenvalue weighted by Crippen LogP contribution is 2.19. The maximum atomic E-state index is 12.4. The Morgan fingerprint density at radius 2 is 2.04 bits per heavy atom. The molecule has 2 saturated heterocycles. The Bertz CT molecular complexity index is 589. The summed E-state index contributed by atoms with van der Waals surface area (Å²) in [6, 6.07) is 4.40. The molecule has 2 aliphatic rings. The number of piperazine rings is 1. The maximum absolute atomic E-state index is 12.4. The van der Waals surface area contributed by atoms with Gasteiger partial charge in [-0.3, -0.25) is 14.7 Å². The molecule has 1 atom stereocenters. The van der Waals surface area contributed by atoms with Crippen LogP contribution in [0.3, 0.4) is 0 Å². The van der Waals surface area contributed by atoms with E-state index in [9.17, 15) is 4.79 Å². The maximum Gasteiger partial charge on any atom is 0.251 e. The predicted molar refractivity (Wildman–Crippen MR) is 98.5 cm³/mol. The molecule has 0 N–H and O–H groups in total.